The Labute approximate surface area is 208 Å². The standard InChI is InChI=1S/C27H30F3NO5/c1-17-11-19(3-6-24(17)36-18(2)27(28,29)30)15-34-23-5-4-22-12-20(16-35-25(22)13-23)14-31-9-7-21(8-10-31)26(32)33/h3-6,11-13,18,21H,7-10,14-16H2,1-2H3,(H,32,33)/t18-/m0/s1. The van der Waals surface area contributed by atoms with Crippen molar-refractivity contribution >= 4 is 12.0 Å². The monoisotopic (exact) mass is 505 g/mol. The lowest BCUT2D eigenvalue weighted by Crippen LogP contribution is -2.38. The summed E-state index contributed by atoms with van der Waals surface area (Å²) in [4.78, 5) is 13.4. The van der Waals surface area contributed by atoms with Gasteiger partial charge in [0.05, 0.1) is 5.92 Å². The molecule has 1 fully saturated rings. The molecule has 0 unspecified atom stereocenters. The van der Waals surface area contributed by atoms with E-state index >= 15 is 0 Å². The topological polar surface area (TPSA) is 68.2 Å². The fourth-order valence-corrected chi connectivity index (χ4v) is 4.35. The highest BCUT2D eigenvalue weighted by Gasteiger charge is 2.38. The maximum absolute atomic E-state index is 12.8. The normalized spacial score (nSPS) is 17.5. The van der Waals surface area contributed by atoms with Crippen LogP contribution in [0.4, 0.5) is 13.2 Å². The maximum Gasteiger partial charge on any atom is 0.425 e. The number of aliphatic carboxylic acids is 1. The Morgan fingerprint density at radius 1 is 1.19 bits per heavy atom. The number of carbonyl (C=O) groups is 1. The number of piperidine rings is 1. The second-order valence-corrected chi connectivity index (χ2v) is 9.37. The summed E-state index contributed by atoms with van der Waals surface area (Å²) in [5.41, 5.74) is 3.51. The van der Waals surface area contributed by atoms with Crippen molar-refractivity contribution in [1.82, 2.24) is 4.90 Å². The summed E-state index contributed by atoms with van der Waals surface area (Å²) in [6.07, 6.45) is -2.85. The highest BCUT2D eigenvalue weighted by molar-refractivity contribution is 5.70. The van der Waals surface area contributed by atoms with Crippen LogP contribution in [-0.4, -0.2) is 54.5 Å². The molecule has 4 rings (SSSR count). The molecule has 1 atom stereocenters. The second-order valence-electron chi connectivity index (χ2n) is 9.37. The average molecular weight is 506 g/mol. The average Bonchev–Trinajstić information content (AvgIpc) is 2.84. The molecule has 0 spiro atoms. The first-order chi connectivity index (χ1) is 17.1. The van der Waals surface area contributed by atoms with Crippen molar-refractivity contribution in [3.05, 3.63) is 58.7 Å². The fraction of sp³-hybridized carbons (Fsp3) is 0.444. The van der Waals surface area contributed by atoms with Crippen molar-refractivity contribution < 1.29 is 37.3 Å². The number of fused-ring (bicyclic) bond motifs is 1. The fourth-order valence-electron chi connectivity index (χ4n) is 4.35. The van der Waals surface area contributed by atoms with E-state index in [1.54, 1.807) is 19.1 Å². The lowest BCUT2D eigenvalue weighted by atomic mass is 9.96. The van der Waals surface area contributed by atoms with E-state index in [0.29, 0.717) is 30.8 Å². The number of carboxylic acids is 1. The summed E-state index contributed by atoms with van der Waals surface area (Å²) in [6, 6.07) is 10.6. The molecule has 0 radical (unpaired) electrons. The Bertz CT molecular complexity index is 1120. The van der Waals surface area contributed by atoms with Crippen molar-refractivity contribution in [1.29, 1.82) is 0 Å². The number of rotatable bonds is 8. The molecule has 0 aromatic heterocycles. The van der Waals surface area contributed by atoms with Gasteiger partial charge < -0.3 is 19.3 Å². The van der Waals surface area contributed by atoms with Gasteiger partial charge in [-0.25, -0.2) is 0 Å². The van der Waals surface area contributed by atoms with Gasteiger partial charge in [0.1, 0.15) is 30.5 Å². The predicted octanol–water partition coefficient (Wildman–Crippen LogP) is 5.48. The Morgan fingerprint density at radius 2 is 1.94 bits per heavy atom. The summed E-state index contributed by atoms with van der Waals surface area (Å²) in [6.45, 7) is 5.69. The maximum atomic E-state index is 12.8. The third-order valence-corrected chi connectivity index (χ3v) is 6.53. The van der Waals surface area contributed by atoms with Crippen molar-refractivity contribution in [3.8, 4) is 17.2 Å². The molecule has 0 aliphatic carbocycles. The van der Waals surface area contributed by atoms with Gasteiger partial charge in [-0.2, -0.15) is 13.2 Å². The van der Waals surface area contributed by atoms with E-state index in [-0.39, 0.29) is 18.3 Å². The molecule has 36 heavy (non-hydrogen) atoms. The first-order valence-electron chi connectivity index (χ1n) is 12.0. The summed E-state index contributed by atoms with van der Waals surface area (Å²) in [5.74, 6) is 0.593. The molecule has 1 saturated heterocycles. The third-order valence-electron chi connectivity index (χ3n) is 6.53. The zero-order valence-corrected chi connectivity index (χ0v) is 20.3. The third kappa shape index (κ3) is 6.51. The van der Waals surface area contributed by atoms with Crippen LogP contribution in [0.2, 0.25) is 0 Å². The lowest BCUT2D eigenvalue weighted by molar-refractivity contribution is -0.189. The van der Waals surface area contributed by atoms with Crippen LogP contribution in [0.5, 0.6) is 17.2 Å². The number of carboxylic acid groups (broad SMARTS) is 1. The largest absolute Gasteiger partial charge is 0.489 e. The molecule has 0 amide bonds. The molecule has 2 heterocycles. The van der Waals surface area contributed by atoms with Gasteiger partial charge in [-0.05, 0) is 86.8 Å². The zero-order valence-electron chi connectivity index (χ0n) is 20.3. The number of benzene rings is 2. The summed E-state index contributed by atoms with van der Waals surface area (Å²) in [5, 5.41) is 9.16. The van der Waals surface area contributed by atoms with E-state index in [9.17, 15) is 18.0 Å². The van der Waals surface area contributed by atoms with Crippen LogP contribution in [0.3, 0.4) is 0 Å². The minimum atomic E-state index is -4.42. The Balaban J connectivity index is 1.32. The van der Waals surface area contributed by atoms with E-state index < -0.39 is 18.2 Å². The molecule has 2 aromatic carbocycles. The molecule has 2 aromatic rings. The van der Waals surface area contributed by atoms with Crippen molar-refractivity contribution in [2.45, 2.75) is 45.6 Å². The van der Waals surface area contributed by atoms with Crippen molar-refractivity contribution in [3.63, 3.8) is 0 Å². The van der Waals surface area contributed by atoms with Gasteiger partial charge in [-0.1, -0.05) is 6.07 Å². The number of nitrogens with zero attached hydrogens (tertiary/aromatic N) is 1. The number of halogens is 3. The number of ether oxygens (including phenoxy) is 3. The number of likely N-dealkylation sites (tertiary alicyclic amines) is 1. The summed E-state index contributed by atoms with van der Waals surface area (Å²) < 4.78 is 55.2. The molecule has 0 bridgehead atoms. The Kier molecular flexibility index (Phi) is 7.78. The zero-order chi connectivity index (χ0) is 25.9. The molecule has 194 valence electrons. The van der Waals surface area contributed by atoms with E-state index in [0.717, 1.165) is 49.0 Å². The lowest BCUT2D eigenvalue weighted by Gasteiger charge is -2.31. The molecular formula is C27H30F3NO5. The Morgan fingerprint density at radius 3 is 2.61 bits per heavy atom. The first-order valence-corrected chi connectivity index (χ1v) is 12.0. The van der Waals surface area contributed by atoms with Crippen LogP contribution in [0, 0.1) is 12.8 Å². The van der Waals surface area contributed by atoms with Crippen LogP contribution in [0.1, 0.15) is 36.5 Å². The van der Waals surface area contributed by atoms with E-state index in [1.165, 1.54) is 6.07 Å². The van der Waals surface area contributed by atoms with Gasteiger partial charge in [0, 0.05) is 18.2 Å². The van der Waals surface area contributed by atoms with Crippen LogP contribution in [0.15, 0.2) is 42.0 Å². The van der Waals surface area contributed by atoms with E-state index in [4.69, 9.17) is 19.3 Å². The van der Waals surface area contributed by atoms with Crippen LogP contribution >= 0.6 is 0 Å². The van der Waals surface area contributed by atoms with Crippen LogP contribution in [-0.2, 0) is 11.4 Å². The SMILES string of the molecule is Cc1cc(COc2ccc3c(c2)OCC(CN2CCC(C(=O)O)CC2)=C3)ccc1O[C@@H](C)C(F)(F)F. The Hall–Kier alpha value is -3.20. The quantitative estimate of drug-likeness (QED) is 0.513. The highest BCUT2D eigenvalue weighted by Crippen LogP contribution is 2.32. The first kappa shape index (κ1) is 25.9. The van der Waals surface area contributed by atoms with E-state index in [2.05, 4.69) is 11.0 Å². The number of hydrogen-bond donors (Lipinski definition) is 1. The molecular weight excluding hydrogens is 475 g/mol. The molecule has 2 aliphatic rings. The van der Waals surface area contributed by atoms with Gasteiger partial charge in [0.15, 0.2) is 6.10 Å². The molecule has 1 N–H and O–H groups in total. The smallest absolute Gasteiger partial charge is 0.425 e. The second kappa shape index (κ2) is 10.8. The highest BCUT2D eigenvalue weighted by atomic mass is 19.4. The van der Waals surface area contributed by atoms with Crippen molar-refractivity contribution in [2.75, 3.05) is 26.2 Å². The van der Waals surface area contributed by atoms with Gasteiger partial charge in [-0.15, -0.1) is 0 Å². The van der Waals surface area contributed by atoms with Crippen LogP contribution in [0.25, 0.3) is 6.08 Å². The predicted molar refractivity (Wildman–Crippen MR) is 128 cm³/mol. The number of aryl methyl sites for hydroxylation is 1. The minimum absolute atomic E-state index is 0.194. The minimum Gasteiger partial charge on any atom is -0.489 e. The van der Waals surface area contributed by atoms with Gasteiger partial charge >= 0.3 is 12.1 Å². The van der Waals surface area contributed by atoms with Crippen molar-refractivity contribution in [2.24, 2.45) is 5.92 Å². The van der Waals surface area contributed by atoms with Gasteiger partial charge in [-0.3, -0.25) is 9.69 Å². The number of alkyl halides is 3. The van der Waals surface area contributed by atoms with Gasteiger partial charge in [0.25, 0.3) is 0 Å². The molecule has 9 heteroatoms. The summed E-state index contributed by atoms with van der Waals surface area (Å²) in [7, 11) is 0. The summed E-state index contributed by atoms with van der Waals surface area (Å²) >= 11 is 0. The molecule has 2 aliphatic heterocycles. The number of hydrogen-bond acceptors (Lipinski definition) is 5. The van der Waals surface area contributed by atoms with Crippen LogP contribution < -0.4 is 14.2 Å². The molecule has 6 nitrogen and oxygen atoms in total. The van der Waals surface area contributed by atoms with E-state index in [1.807, 2.05) is 18.2 Å². The van der Waals surface area contributed by atoms with Gasteiger partial charge in [0.2, 0.25) is 0 Å². The molecule has 0 saturated carbocycles.